The molecule has 6 heteroatoms. The number of aliphatic hydroxyl groups is 1. The molecule has 0 spiro atoms. The summed E-state index contributed by atoms with van der Waals surface area (Å²) in [5, 5.41) is 10.2. The number of hydrogen-bond acceptors (Lipinski definition) is 4. The van der Waals surface area contributed by atoms with E-state index in [1.54, 1.807) is 0 Å². The highest BCUT2D eigenvalue weighted by molar-refractivity contribution is 9.24. The fraction of sp³-hybridized carbons (Fsp3) is 1.00. The zero-order valence-corrected chi connectivity index (χ0v) is 12.2. The number of rotatable bonds is 1. The molecule has 1 saturated carbocycles. The molecule has 1 aliphatic carbocycles. The Morgan fingerprint density at radius 3 is 2.62 bits per heavy atom. The minimum atomic E-state index is -0.621. The van der Waals surface area contributed by atoms with Gasteiger partial charge >= 0.3 is 0 Å². The van der Waals surface area contributed by atoms with Crippen molar-refractivity contribution in [2.75, 3.05) is 0 Å². The zero-order valence-electron chi connectivity index (χ0n) is 9.02. The molecule has 0 aromatic heterocycles. The molecule has 4 bridgehead atoms. The third kappa shape index (κ3) is 1.23. The summed E-state index contributed by atoms with van der Waals surface area (Å²) >= 11 is 7.10. The van der Waals surface area contributed by atoms with E-state index in [-0.39, 0.29) is 27.0 Å². The Morgan fingerprint density at radius 1 is 1.31 bits per heavy atom. The van der Waals surface area contributed by atoms with Gasteiger partial charge in [-0.2, -0.15) is 0 Å². The Hall–Kier alpha value is 0.800. The molecule has 6 atom stereocenters. The number of aliphatic hydroxyl groups excluding tert-OH is 1. The average Bonchev–Trinajstić information content (AvgIpc) is 2.19. The van der Waals surface area contributed by atoms with Crippen LogP contribution in [0.25, 0.3) is 0 Å². The number of alkyl halides is 2. The lowest BCUT2D eigenvalue weighted by Gasteiger charge is -2.65. The van der Waals surface area contributed by atoms with Crippen LogP contribution in [-0.2, 0) is 14.2 Å². The molecule has 92 valence electrons. The molecule has 4 aliphatic rings. The Balaban J connectivity index is 2.06. The van der Waals surface area contributed by atoms with Gasteiger partial charge in [0.15, 0.2) is 0 Å². The lowest BCUT2D eigenvalue weighted by Crippen LogP contribution is -2.77. The van der Waals surface area contributed by atoms with Gasteiger partial charge in [0.2, 0.25) is 0 Å². The first-order chi connectivity index (χ1) is 7.38. The molecule has 0 amide bonds. The molecule has 16 heavy (non-hydrogen) atoms. The highest BCUT2D eigenvalue weighted by atomic mass is 79.9. The van der Waals surface area contributed by atoms with Gasteiger partial charge in [0.05, 0.1) is 15.4 Å². The van der Waals surface area contributed by atoms with Crippen LogP contribution in [0, 0.1) is 5.41 Å². The smallest absolute Gasteiger partial charge is 0.272 e. The third-order valence-corrected chi connectivity index (χ3v) is 6.27. The van der Waals surface area contributed by atoms with E-state index >= 15 is 0 Å². The highest BCUT2D eigenvalue weighted by Gasteiger charge is 2.69. The normalized spacial score (nSPS) is 59.6. The lowest BCUT2D eigenvalue weighted by molar-refractivity contribution is -0.496. The summed E-state index contributed by atoms with van der Waals surface area (Å²) in [6, 6.07) is 0. The molecule has 1 N–H and O–H groups in total. The molecule has 3 aliphatic heterocycles. The molecule has 3 saturated heterocycles. The second kappa shape index (κ2) is 3.42. The Morgan fingerprint density at radius 2 is 2.00 bits per heavy atom. The van der Waals surface area contributed by atoms with E-state index in [9.17, 15) is 5.11 Å². The van der Waals surface area contributed by atoms with Crippen molar-refractivity contribution in [3.8, 4) is 0 Å². The average molecular weight is 358 g/mol. The van der Waals surface area contributed by atoms with Gasteiger partial charge in [-0.3, -0.25) is 0 Å². The van der Waals surface area contributed by atoms with Gasteiger partial charge in [0, 0.05) is 11.8 Å². The first-order valence-electron chi connectivity index (χ1n) is 5.33. The number of hydrogen-bond donors (Lipinski definition) is 1. The van der Waals surface area contributed by atoms with E-state index in [2.05, 4.69) is 45.7 Å². The van der Waals surface area contributed by atoms with Gasteiger partial charge < -0.3 is 19.3 Å². The van der Waals surface area contributed by atoms with Gasteiger partial charge in [-0.15, -0.1) is 0 Å². The van der Waals surface area contributed by atoms with Crippen molar-refractivity contribution in [1.29, 1.82) is 0 Å². The van der Waals surface area contributed by atoms with E-state index in [0.717, 1.165) is 0 Å². The van der Waals surface area contributed by atoms with Crippen LogP contribution in [0.15, 0.2) is 0 Å². The number of halogens is 2. The largest absolute Gasteiger partial charge is 0.388 e. The summed E-state index contributed by atoms with van der Waals surface area (Å²) < 4.78 is 16.9. The van der Waals surface area contributed by atoms with Crippen LogP contribution in [0.2, 0.25) is 0 Å². The zero-order chi connectivity index (χ0) is 11.7. The van der Waals surface area contributed by atoms with Crippen molar-refractivity contribution in [1.82, 2.24) is 0 Å². The first-order valence-corrected chi connectivity index (χ1v) is 7.16. The van der Waals surface area contributed by atoms with Crippen molar-refractivity contribution >= 4 is 31.9 Å². The maximum atomic E-state index is 10.2. The van der Waals surface area contributed by atoms with E-state index < -0.39 is 12.6 Å². The van der Waals surface area contributed by atoms with Gasteiger partial charge in [-0.1, -0.05) is 38.8 Å². The maximum absolute atomic E-state index is 10.2. The summed E-state index contributed by atoms with van der Waals surface area (Å²) in [5.74, 6) is 0. The molecule has 6 unspecified atom stereocenters. The molecule has 4 nitrogen and oxygen atoms in total. The maximum Gasteiger partial charge on any atom is 0.272 e. The van der Waals surface area contributed by atoms with Crippen LogP contribution in [0.3, 0.4) is 0 Å². The standard InChI is InChI=1S/C10H14Br2O4/c1-9-3-4-5(13)6(10(9,2)7(11)12)15-8(14-4)16-9/h4-8,13H,3H2,1-2H3. The highest BCUT2D eigenvalue weighted by Crippen LogP contribution is 2.59. The van der Waals surface area contributed by atoms with Gasteiger partial charge in [-0.05, 0) is 6.92 Å². The third-order valence-electron chi connectivity index (χ3n) is 4.37. The number of ether oxygens (including phenoxy) is 3. The van der Waals surface area contributed by atoms with Gasteiger partial charge in [0.1, 0.15) is 12.2 Å². The van der Waals surface area contributed by atoms with Crippen LogP contribution in [0.5, 0.6) is 0 Å². The second-order valence-corrected chi connectivity index (χ2v) is 8.21. The quantitative estimate of drug-likeness (QED) is 0.726. The summed E-state index contributed by atoms with van der Waals surface area (Å²) in [7, 11) is 0. The topological polar surface area (TPSA) is 47.9 Å². The van der Waals surface area contributed by atoms with Crippen LogP contribution in [0.1, 0.15) is 20.3 Å². The van der Waals surface area contributed by atoms with Crippen LogP contribution in [-0.4, -0.2) is 39.2 Å². The summed E-state index contributed by atoms with van der Waals surface area (Å²) in [4.78, 5) is 0. The predicted molar refractivity (Wildman–Crippen MR) is 63.4 cm³/mol. The van der Waals surface area contributed by atoms with E-state index in [1.165, 1.54) is 0 Å². The van der Waals surface area contributed by atoms with E-state index in [0.29, 0.717) is 6.42 Å². The summed E-state index contributed by atoms with van der Waals surface area (Å²) in [5.41, 5.74) is -0.677. The Bertz CT molecular complexity index is 326. The molecular formula is C10H14Br2O4. The minimum absolute atomic E-state index is 0.0112. The lowest BCUT2D eigenvalue weighted by atomic mass is 9.61. The van der Waals surface area contributed by atoms with Crippen molar-refractivity contribution in [3.05, 3.63) is 0 Å². The molecule has 4 fully saturated rings. The molecule has 0 aromatic carbocycles. The fourth-order valence-electron chi connectivity index (χ4n) is 3.02. The monoisotopic (exact) mass is 356 g/mol. The molecular weight excluding hydrogens is 344 g/mol. The SMILES string of the molecule is CC12CC3OC(OC(C3O)C1(C)C(Br)Br)O2. The Labute approximate surface area is 111 Å². The van der Waals surface area contributed by atoms with Crippen molar-refractivity contribution in [3.63, 3.8) is 0 Å². The molecule has 0 radical (unpaired) electrons. The molecule has 3 heterocycles. The second-order valence-electron chi connectivity index (χ2n) is 5.15. The summed E-state index contributed by atoms with van der Waals surface area (Å²) in [6.07, 6.45) is -0.341. The van der Waals surface area contributed by atoms with E-state index in [1.807, 2.05) is 0 Å². The fourth-order valence-corrected chi connectivity index (χ4v) is 4.51. The van der Waals surface area contributed by atoms with Crippen LogP contribution >= 0.6 is 31.9 Å². The van der Waals surface area contributed by atoms with Crippen LogP contribution in [0.4, 0.5) is 0 Å². The van der Waals surface area contributed by atoms with Gasteiger partial charge in [0.25, 0.3) is 6.48 Å². The summed E-state index contributed by atoms with van der Waals surface area (Å²) in [6.45, 7) is 3.50. The van der Waals surface area contributed by atoms with E-state index in [4.69, 9.17) is 14.2 Å². The van der Waals surface area contributed by atoms with Crippen molar-refractivity contribution < 1.29 is 19.3 Å². The predicted octanol–water partition coefficient (Wildman–Crippen LogP) is 1.73. The van der Waals surface area contributed by atoms with Crippen LogP contribution < -0.4 is 0 Å². The van der Waals surface area contributed by atoms with Crippen molar-refractivity contribution in [2.45, 2.75) is 54.4 Å². The molecule has 0 aromatic rings. The van der Waals surface area contributed by atoms with Crippen molar-refractivity contribution in [2.24, 2.45) is 5.41 Å². The minimum Gasteiger partial charge on any atom is -0.388 e. The molecule has 4 rings (SSSR count). The van der Waals surface area contributed by atoms with Gasteiger partial charge in [-0.25, -0.2) is 0 Å². The Kier molecular flexibility index (Phi) is 2.54. The first kappa shape index (κ1) is 11.9.